The van der Waals surface area contributed by atoms with Crippen molar-refractivity contribution < 1.29 is 8.91 Å². The van der Waals surface area contributed by atoms with Crippen LogP contribution in [0.15, 0.2) is 27.7 Å². The molecule has 0 saturated heterocycles. The Labute approximate surface area is 142 Å². The van der Waals surface area contributed by atoms with Crippen LogP contribution in [0.2, 0.25) is 0 Å². The Morgan fingerprint density at radius 2 is 1.96 bits per heavy atom. The van der Waals surface area contributed by atoms with Crippen molar-refractivity contribution in [2.75, 3.05) is 7.05 Å². The molecular weight excluding hydrogens is 307 g/mol. The molecule has 0 unspecified atom stereocenters. The summed E-state index contributed by atoms with van der Waals surface area (Å²) in [5.74, 6) is 1.40. The number of aliphatic imine (C=N–C) groups is 1. The van der Waals surface area contributed by atoms with Crippen molar-refractivity contribution in [2.45, 2.75) is 46.7 Å². The summed E-state index contributed by atoms with van der Waals surface area (Å²) in [4.78, 5) is 4.22. The largest absolute Gasteiger partial charge is 0.361 e. The first-order valence-electron chi connectivity index (χ1n) is 8.24. The van der Waals surface area contributed by atoms with Crippen molar-refractivity contribution in [3.05, 3.63) is 52.2 Å². The summed E-state index contributed by atoms with van der Waals surface area (Å²) in [5, 5.41) is 10.6. The molecule has 2 rings (SSSR count). The van der Waals surface area contributed by atoms with Crippen LogP contribution >= 0.6 is 0 Å². The predicted octanol–water partition coefficient (Wildman–Crippen LogP) is 3.11. The van der Waals surface area contributed by atoms with Crippen LogP contribution < -0.4 is 10.6 Å². The Morgan fingerprint density at radius 3 is 2.58 bits per heavy atom. The second-order valence-corrected chi connectivity index (χ2v) is 5.60. The second-order valence-electron chi connectivity index (χ2n) is 5.60. The quantitative estimate of drug-likeness (QED) is 0.630. The molecule has 0 fully saturated rings. The van der Waals surface area contributed by atoms with Gasteiger partial charge < -0.3 is 15.2 Å². The van der Waals surface area contributed by atoms with Gasteiger partial charge in [-0.3, -0.25) is 4.99 Å². The molecule has 130 valence electrons. The summed E-state index contributed by atoms with van der Waals surface area (Å²) in [6.07, 6.45) is 1.65. The Bertz CT molecular complexity index is 688. The van der Waals surface area contributed by atoms with Gasteiger partial charge in [-0.2, -0.15) is 0 Å². The van der Waals surface area contributed by atoms with Crippen molar-refractivity contribution in [3.63, 3.8) is 0 Å². The van der Waals surface area contributed by atoms with Gasteiger partial charge >= 0.3 is 0 Å². The monoisotopic (exact) mass is 332 g/mol. The van der Waals surface area contributed by atoms with Gasteiger partial charge in [-0.05, 0) is 30.5 Å². The standard InChI is InChI=1S/C18H25FN4O/c1-5-16-14(17(6-2)24-23-16)11-22-18(20-4)21-10-13-7-8-15(19)12(3)9-13/h7-9H,5-6,10-11H2,1-4H3,(H2,20,21,22). The number of guanidine groups is 1. The molecule has 0 bridgehead atoms. The molecule has 1 heterocycles. The van der Waals surface area contributed by atoms with E-state index in [1.807, 2.05) is 13.0 Å². The fourth-order valence-corrected chi connectivity index (χ4v) is 2.53. The number of aryl methyl sites for hydroxylation is 3. The van der Waals surface area contributed by atoms with Crippen LogP contribution in [0.4, 0.5) is 4.39 Å². The third-order valence-corrected chi connectivity index (χ3v) is 3.95. The molecule has 0 amide bonds. The molecule has 0 aliphatic rings. The zero-order chi connectivity index (χ0) is 17.5. The minimum Gasteiger partial charge on any atom is -0.361 e. The summed E-state index contributed by atoms with van der Waals surface area (Å²) in [7, 11) is 1.72. The molecule has 0 atom stereocenters. The summed E-state index contributed by atoms with van der Waals surface area (Å²) in [6, 6.07) is 5.09. The molecule has 2 aromatic rings. The summed E-state index contributed by atoms with van der Waals surface area (Å²) < 4.78 is 18.7. The van der Waals surface area contributed by atoms with Gasteiger partial charge in [-0.15, -0.1) is 0 Å². The highest BCUT2D eigenvalue weighted by Gasteiger charge is 2.13. The Morgan fingerprint density at radius 1 is 1.21 bits per heavy atom. The zero-order valence-corrected chi connectivity index (χ0v) is 14.7. The number of halogens is 1. The Kier molecular flexibility index (Phi) is 6.35. The van der Waals surface area contributed by atoms with Gasteiger partial charge in [0.1, 0.15) is 11.6 Å². The van der Waals surface area contributed by atoms with E-state index >= 15 is 0 Å². The first-order chi connectivity index (χ1) is 11.6. The van der Waals surface area contributed by atoms with Crippen molar-refractivity contribution in [1.82, 2.24) is 15.8 Å². The van der Waals surface area contributed by atoms with Crippen LogP contribution in [0.3, 0.4) is 0 Å². The van der Waals surface area contributed by atoms with Crippen LogP contribution in [0.1, 0.15) is 42.0 Å². The number of aromatic nitrogens is 1. The van der Waals surface area contributed by atoms with Gasteiger partial charge in [0.25, 0.3) is 0 Å². The topological polar surface area (TPSA) is 62.5 Å². The summed E-state index contributed by atoms with van der Waals surface area (Å²) in [6.45, 7) is 7.05. The molecule has 6 heteroatoms. The third-order valence-electron chi connectivity index (χ3n) is 3.95. The molecule has 0 aliphatic carbocycles. The highest BCUT2D eigenvalue weighted by atomic mass is 19.1. The molecule has 0 aliphatic heterocycles. The van der Waals surface area contributed by atoms with E-state index in [2.05, 4.69) is 27.7 Å². The van der Waals surface area contributed by atoms with E-state index in [1.54, 1.807) is 20.0 Å². The van der Waals surface area contributed by atoms with Crippen LogP contribution in [0.5, 0.6) is 0 Å². The van der Waals surface area contributed by atoms with Crippen molar-refractivity contribution in [2.24, 2.45) is 4.99 Å². The van der Waals surface area contributed by atoms with E-state index in [0.717, 1.165) is 35.4 Å². The molecule has 0 radical (unpaired) electrons. The second kappa shape index (κ2) is 8.47. The lowest BCUT2D eigenvalue weighted by Crippen LogP contribution is -2.36. The number of benzene rings is 1. The van der Waals surface area contributed by atoms with Crippen LogP contribution in [0, 0.1) is 12.7 Å². The Balaban J connectivity index is 1.95. The van der Waals surface area contributed by atoms with Gasteiger partial charge in [0, 0.05) is 32.1 Å². The van der Waals surface area contributed by atoms with Crippen LogP contribution in [0.25, 0.3) is 0 Å². The fourth-order valence-electron chi connectivity index (χ4n) is 2.53. The first kappa shape index (κ1) is 18.0. The fraction of sp³-hybridized carbons (Fsp3) is 0.444. The summed E-state index contributed by atoms with van der Waals surface area (Å²) in [5.41, 5.74) is 3.72. The molecule has 24 heavy (non-hydrogen) atoms. The highest BCUT2D eigenvalue weighted by Crippen LogP contribution is 2.15. The number of nitrogens with zero attached hydrogens (tertiary/aromatic N) is 2. The highest BCUT2D eigenvalue weighted by molar-refractivity contribution is 5.79. The van der Waals surface area contributed by atoms with Gasteiger partial charge in [0.15, 0.2) is 5.96 Å². The van der Waals surface area contributed by atoms with Gasteiger partial charge in [-0.25, -0.2) is 4.39 Å². The third kappa shape index (κ3) is 4.34. The SMILES string of the molecule is CCc1noc(CC)c1CNC(=NC)NCc1ccc(F)c(C)c1. The maximum absolute atomic E-state index is 13.3. The molecule has 0 saturated carbocycles. The van der Waals surface area contributed by atoms with E-state index in [9.17, 15) is 4.39 Å². The van der Waals surface area contributed by atoms with Gasteiger partial charge in [0.05, 0.1) is 5.69 Å². The van der Waals surface area contributed by atoms with E-state index in [1.165, 1.54) is 6.07 Å². The maximum atomic E-state index is 13.3. The first-order valence-corrected chi connectivity index (χ1v) is 8.24. The smallest absolute Gasteiger partial charge is 0.191 e. The molecule has 1 aromatic carbocycles. The lowest BCUT2D eigenvalue weighted by Gasteiger charge is -2.12. The predicted molar refractivity (Wildman–Crippen MR) is 93.4 cm³/mol. The number of hydrogen-bond acceptors (Lipinski definition) is 3. The summed E-state index contributed by atoms with van der Waals surface area (Å²) >= 11 is 0. The maximum Gasteiger partial charge on any atom is 0.191 e. The van der Waals surface area contributed by atoms with Gasteiger partial charge in [-0.1, -0.05) is 31.1 Å². The number of hydrogen-bond donors (Lipinski definition) is 2. The average Bonchev–Trinajstić information content (AvgIpc) is 3.00. The molecule has 2 N–H and O–H groups in total. The van der Waals surface area contributed by atoms with Crippen LogP contribution in [-0.2, 0) is 25.9 Å². The van der Waals surface area contributed by atoms with E-state index in [4.69, 9.17) is 4.52 Å². The molecule has 1 aromatic heterocycles. The van der Waals surface area contributed by atoms with E-state index in [-0.39, 0.29) is 5.82 Å². The minimum absolute atomic E-state index is 0.187. The number of nitrogens with one attached hydrogen (secondary N) is 2. The van der Waals surface area contributed by atoms with Gasteiger partial charge in [0.2, 0.25) is 0 Å². The van der Waals surface area contributed by atoms with Crippen LogP contribution in [-0.4, -0.2) is 18.2 Å². The molecule has 0 spiro atoms. The zero-order valence-electron chi connectivity index (χ0n) is 14.7. The lowest BCUT2D eigenvalue weighted by molar-refractivity contribution is 0.380. The van der Waals surface area contributed by atoms with Crippen molar-refractivity contribution in [3.8, 4) is 0 Å². The van der Waals surface area contributed by atoms with Crippen molar-refractivity contribution in [1.29, 1.82) is 0 Å². The van der Waals surface area contributed by atoms with E-state index in [0.29, 0.717) is 24.6 Å². The normalized spacial score (nSPS) is 11.6. The Hall–Kier alpha value is -2.37. The lowest BCUT2D eigenvalue weighted by atomic mass is 10.1. The average molecular weight is 332 g/mol. The molecular formula is C18H25FN4O. The minimum atomic E-state index is -0.187. The molecule has 5 nitrogen and oxygen atoms in total. The van der Waals surface area contributed by atoms with E-state index < -0.39 is 0 Å². The van der Waals surface area contributed by atoms with Crippen molar-refractivity contribution >= 4 is 5.96 Å². The number of rotatable bonds is 6.